The van der Waals surface area contributed by atoms with Crippen molar-refractivity contribution in [3.05, 3.63) is 65.7 Å². The molecule has 0 aliphatic heterocycles. The van der Waals surface area contributed by atoms with Crippen LogP contribution >= 0.6 is 0 Å². The summed E-state index contributed by atoms with van der Waals surface area (Å²) >= 11 is 0. The van der Waals surface area contributed by atoms with Crippen LogP contribution in [0.4, 0.5) is 10.3 Å². The summed E-state index contributed by atoms with van der Waals surface area (Å²) in [5.74, 6) is -0.0759. The molecule has 0 aliphatic carbocycles. The van der Waals surface area contributed by atoms with E-state index in [9.17, 15) is 4.39 Å². The molecule has 0 fully saturated rings. The lowest BCUT2D eigenvalue weighted by molar-refractivity contribution is 0.619. The van der Waals surface area contributed by atoms with Crippen molar-refractivity contribution in [3.8, 4) is 22.6 Å². The monoisotopic (exact) mass is 348 g/mol. The van der Waals surface area contributed by atoms with Gasteiger partial charge in [-0.1, -0.05) is 0 Å². The van der Waals surface area contributed by atoms with Gasteiger partial charge in [-0.25, -0.2) is 19.3 Å². The topological polar surface area (TPSA) is 95.1 Å². The minimum absolute atomic E-state index is 0.178. The van der Waals surface area contributed by atoms with E-state index in [4.69, 9.17) is 16.5 Å². The van der Waals surface area contributed by atoms with Gasteiger partial charge in [0, 0.05) is 24.5 Å². The maximum atomic E-state index is 13.7. The third-order valence-corrected chi connectivity index (χ3v) is 4.27. The standard InChI is InChI=1S/C19H17FN6/c1-11-8-13(2-3-14(11)20)17-18(15-4-6-23-19(22)24-15)26-7-5-12(10-21)9-16(26)25-17/h2-9H,10,21H2,1H3,(H2,22,23,24). The van der Waals surface area contributed by atoms with Gasteiger partial charge in [-0.05, 0) is 54.4 Å². The number of imidazole rings is 1. The minimum atomic E-state index is -0.254. The Hall–Kier alpha value is -3.32. The van der Waals surface area contributed by atoms with Crippen molar-refractivity contribution in [3.63, 3.8) is 0 Å². The van der Waals surface area contributed by atoms with E-state index in [1.165, 1.54) is 6.07 Å². The molecule has 4 aromatic rings. The molecule has 0 unspecified atom stereocenters. The first-order valence-electron chi connectivity index (χ1n) is 8.13. The average Bonchev–Trinajstić information content (AvgIpc) is 3.02. The minimum Gasteiger partial charge on any atom is -0.368 e. The fourth-order valence-corrected chi connectivity index (χ4v) is 2.96. The van der Waals surface area contributed by atoms with E-state index in [1.54, 1.807) is 31.3 Å². The van der Waals surface area contributed by atoms with Crippen LogP contribution in [0.25, 0.3) is 28.3 Å². The van der Waals surface area contributed by atoms with Crippen molar-refractivity contribution in [2.45, 2.75) is 13.5 Å². The van der Waals surface area contributed by atoms with E-state index in [-0.39, 0.29) is 11.8 Å². The number of hydrogen-bond donors (Lipinski definition) is 2. The highest BCUT2D eigenvalue weighted by Crippen LogP contribution is 2.33. The van der Waals surface area contributed by atoms with Crippen molar-refractivity contribution in [1.29, 1.82) is 0 Å². The van der Waals surface area contributed by atoms with Gasteiger partial charge in [0.05, 0.1) is 17.1 Å². The van der Waals surface area contributed by atoms with Crippen LogP contribution < -0.4 is 11.5 Å². The number of nitrogens with zero attached hydrogens (tertiary/aromatic N) is 4. The Morgan fingerprint density at radius 3 is 2.69 bits per heavy atom. The van der Waals surface area contributed by atoms with Gasteiger partial charge in [-0.2, -0.15) is 0 Å². The lowest BCUT2D eigenvalue weighted by Gasteiger charge is -2.07. The zero-order valence-corrected chi connectivity index (χ0v) is 14.1. The zero-order valence-electron chi connectivity index (χ0n) is 14.1. The van der Waals surface area contributed by atoms with Crippen LogP contribution in [0.2, 0.25) is 0 Å². The fraction of sp³-hybridized carbons (Fsp3) is 0.105. The molecule has 3 heterocycles. The number of halogens is 1. The van der Waals surface area contributed by atoms with Crippen molar-refractivity contribution in [1.82, 2.24) is 19.4 Å². The highest BCUT2D eigenvalue weighted by atomic mass is 19.1. The summed E-state index contributed by atoms with van der Waals surface area (Å²) in [7, 11) is 0. The molecule has 0 saturated heterocycles. The number of pyridine rings is 1. The molecule has 3 aromatic heterocycles. The molecule has 0 bridgehead atoms. The van der Waals surface area contributed by atoms with Gasteiger partial charge in [0.25, 0.3) is 0 Å². The Morgan fingerprint density at radius 1 is 1.12 bits per heavy atom. The molecule has 0 saturated carbocycles. The van der Waals surface area contributed by atoms with E-state index in [0.29, 0.717) is 23.5 Å². The lowest BCUT2D eigenvalue weighted by atomic mass is 10.1. The Morgan fingerprint density at radius 2 is 1.96 bits per heavy atom. The van der Waals surface area contributed by atoms with Gasteiger partial charge in [0.2, 0.25) is 5.95 Å². The molecule has 0 radical (unpaired) electrons. The molecule has 4 N–H and O–H groups in total. The molecule has 4 rings (SSSR count). The summed E-state index contributed by atoms with van der Waals surface area (Å²) in [5, 5.41) is 0. The number of anilines is 1. The van der Waals surface area contributed by atoms with Crippen LogP contribution in [0.3, 0.4) is 0 Å². The first kappa shape index (κ1) is 16.2. The highest BCUT2D eigenvalue weighted by Gasteiger charge is 2.18. The van der Waals surface area contributed by atoms with Crippen LogP contribution in [-0.4, -0.2) is 19.4 Å². The number of aromatic nitrogens is 4. The number of nitrogens with two attached hydrogens (primary N) is 2. The largest absolute Gasteiger partial charge is 0.368 e. The van der Waals surface area contributed by atoms with E-state index in [0.717, 1.165) is 22.5 Å². The van der Waals surface area contributed by atoms with Crippen LogP contribution in [0.5, 0.6) is 0 Å². The molecule has 130 valence electrons. The number of hydrogen-bond acceptors (Lipinski definition) is 5. The fourth-order valence-electron chi connectivity index (χ4n) is 2.96. The molecule has 0 aliphatic rings. The summed E-state index contributed by atoms with van der Waals surface area (Å²) in [6.45, 7) is 2.15. The van der Waals surface area contributed by atoms with Gasteiger partial charge < -0.3 is 11.5 Å². The molecule has 6 nitrogen and oxygen atoms in total. The molecule has 26 heavy (non-hydrogen) atoms. The predicted molar refractivity (Wildman–Crippen MR) is 98.7 cm³/mol. The third kappa shape index (κ3) is 2.68. The van der Waals surface area contributed by atoms with E-state index >= 15 is 0 Å². The summed E-state index contributed by atoms with van der Waals surface area (Å²) in [6.07, 6.45) is 3.50. The quantitative estimate of drug-likeness (QED) is 0.593. The van der Waals surface area contributed by atoms with Gasteiger partial charge in [-0.15, -0.1) is 0 Å². The van der Waals surface area contributed by atoms with E-state index < -0.39 is 0 Å². The van der Waals surface area contributed by atoms with Gasteiger partial charge in [0.15, 0.2) is 0 Å². The second-order valence-corrected chi connectivity index (χ2v) is 6.04. The predicted octanol–water partition coefficient (Wildman–Crippen LogP) is 2.95. The molecule has 0 amide bonds. The molecule has 0 atom stereocenters. The van der Waals surface area contributed by atoms with Crippen LogP contribution in [0.15, 0.2) is 48.8 Å². The molecular formula is C19H17FN6. The number of rotatable bonds is 3. The van der Waals surface area contributed by atoms with Gasteiger partial charge in [-0.3, -0.25) is 4.40 Å². The highest BCUT2D eigenvalue weighted by molar-refractivity contribution is 5.81. The summed E-state index contributed by atoms with van der Waals surface area (Å²) in [4.78, 5) is 13.0. The van der Waals surface area contributed by atoms with E-state index in [1.807, 2.05) is 22.7 Å². The van der Waals surface area contributed by atoms with Crippen LogP contribution in [0.1, 0.15) is 11.1 Å². The third-order valence-electron chi connectivity index (χ3n) is 4.27. The van der Waals surface area contributed by atoms with E-state index in [2.05, 4.69) is 9.97 Å². The Labute approximate surface area is 149 Å². The van der Waals surface area contributed by atoms with Crippen molar-refractivity contribution in [2.24, 2.45) is 5.73 Å². The molecule has 0 spiro atoms. The van der Waals surface area contributed by atoms with Gasteiger partial charge >= 0.3 is 0 Å². The Bertz CT molecular complexity index is 1120. The number of nitrogen functional groups attached to an aromatic ring is 1. The number of aryl methyl sites for hydroxylation is 1. The number of benzene rings is 1. The lowest BCUT2D eigenvalue weighted by Crippen LogP contribution is -2.00. The summed E-state index contributed by atoms with van der Waals surface area (Å²) < 4.78 is 15.6. The first-order chi connectivity index (χ1) is 12.6. The van der Waals surface area contributed by atoms with Crippen molar-refractivity contribution < 1.29 is 4.39 Å². The smallest absolute Gasteiger partial charge is 0.220 e. The number of fused-ring (bicyclic) bond motifs is 1. The van der Waals surface area contributed by atoms with Crippen molar-refractivity contribution in [2.75, 3.05) is 5.73 Å². The average molecular weight is 348 g/mol. The second-order valence-electron chi connectivity index (χ2n) is 6.04. The zero-order chi connectivity index (χ0) is 18.3. The molecular weight excluding hydrogens is 331 g/mol. The maximum Gasteiger partial charge on any atom is 0.220 e. The Kier molecular flexibility index (Phi) is 3.85. The van der Waals surface area contributed by atoms with Crippen molar-refractivity contribution >= 4 is 11.6 Å². The maximum absolute atomic E-state index is 13.7. The summed E-state index contributed by atoms with van der Waals surface area (Å²) in [5.41, 5.74) is 16.7. The second kappa shape index (κ2) is 6.20. The molecule has 7 heteroatoms. The summed E-state index contributed by atoms with van der Waals surface area (Å²) in [6, 6.07) is 10.6. The molecule has 1 aromatic carbocycles. The van der Waals surface area contributed by atoms with Gasteiger partial charge in [0.1, 0.15) is 11.5 Å². The Balaban J connectivity index is 2.04. The first-order valence-corrected chi connectivity index (χ1v) is 8.13. The normalized spacial score (nSPS) is 11.2. The SMILES string of the molecule is Cc1cc(-c2nc3cc(CN)ccn3c2-c2ccnc(N)n2)ccc1F. The van der Waals surface area contributed by atoms with Crippen LogP contribution in [0, 0.1) is 12.7 Å². The van der Waals surface area contributed by atoms with Crippen LogP contribution in [-0.2, 0) is 6.54 Å².